The summed E-state index contributed by atoms with van der Waals surface area (Å²) in [6.45, 7) is 0. The second kappa shape index (κ2) is 9.55. The minimum Gasteiger partial charge on any atom is -0.504 e. The highest BCUT2D eigenvalue weighted by molar-refractivity contribution is 6.64. The van der Waals surface area contributed by atoms with Crippen molar-refractivity contribution in [3.8, 4) is 29.3 Å². The standard InChI is InChI=1S/C17H6B6Cl2N6O4/c18-16(19,20)12(17(21,22)23)10-9(32)4-27-14(28-10)35-11-6(24)1-5(2-7(11)25)31-15(34)29-13(33)8(3-26)30-31/h1-2,4,12,32H,(H,29,33,34). The molecule has 10 nitrogen and oxygen atoms in total. The zero-order valence-corrected chi connectivity index (χ0v) is 18.9. The molecule has 2 heterocycles. The lowest BCUT2D eigenvalue weighted by atomic mass is 9.25. The summed E-state index contributed by atoms with van der Waals surface area (Å²) < 4.78 is 6.24. The summed E-state index contributed by atoms with van der Waals surface area (Å²) in [6, 6.07) is 3.54. The van der Waals surface area contributed by atoms with Crippen LogP contribution in [0, 0.1) is 11.3 Å². The van der Waals surface area contributed by atoms with Crippen molar-refractivity contribution in [2.75, 3.05) is 0 Å². The number of ether oxygens (including phenoxy) is 1. The molecule has 0 aliphatic heterocycles. The topological polar surface area (TPSA) is 147 Å². The van der Waals surface area contributed by atoms with Gasteiger partial charge in [-0.05, 0) is 18.1 Å². The molecule has 0 amide bonds. The van der Waals surface area contributed by atoms with Gasteiger partial charge in [0.2, 0.25) is 5.69 Å². The minimum atomic E-state index is -2.11. The first-order valence-electron chi connectivity index (χ1n) is 9.23. The van der Waals surface area contributed by atoms with Gasteiger partial charge in [-0.2, -0.15) is 19.9 Å². The first-order chi connectivity index (χ1) is 16.1. The third-order valence-corrected chi connectivity index (χ3v) is 4.97. The normalized spacial score (nSPS) is 11.8. The summed E-state index contributed by atoms with van der Waals surface area (Å²) in [6.07, 6.45) is 0.922. The number of aromatic amines is 1. The molecule has 0 saturated carbocycles. The second-order valence-corrected chi connectivity index (χ2v) is 8.14. The van der Waals surface area contributed by atoms with Crippen molar-refractivity contribution < 1.29 is 9.84 Å². The van der Waals surface area contributed by atoms with Crippen LogP contribution in [0.15, 0.2) is 27.9 Å². The molecule has 2 N–H and O–H groups in total. The van der Waals surface area contributed by atoms with E-state index in [9.17, 15) is 14.7 Å². The Morgan fingerprint density at radius 3 is 2.20 bits per heavy atom. The Morgan fingerprint density at radius 2 is 1.69 bits per heavy atom. The number of rotatable bonds is 6. The van der Waals surface area contributed by atoms with E-state index < -0.39 is 44.8 Å². The Kier molecular flexibility index (Phi) is 7.25. The third-order valence-electron chi connectivity index (χ3n) is 4.40. The van der Waals surface area contributed by atoms with E-state index in [4.69, 9.17) is 80.3 Å². The number of hydrogen-bond donors (Lipinski definition) is 2. The Bertz CT molecular complexity index is 1430. The van der Waals surface area contributed by atoms with Crippen LogP contribution in [0.25, 0.3) is 5.69 Å². The van der Waals surface area contributed by atoms with Gasteiger partial charge in [-0.25, -0.2) is 4.79 Å². The predicted octanol–water partition coefficient (Wildman–Crippen LogP) is -0.371. The molecule has 0 bridgehead atoms. The number of nitrogens with one attached hydrogen (secondary N) is 1. The van der Waals surface area contributed by atoms with E-state index in [1.807, 2.05) is 4.98 Å². The molecule has 0 spiro atoms. The van der Waals surface area contributed by atoms with Gasteiger partial charge in [0.15, 0.2) is 11.5 Å². The van der Waals surface area contributed by atoms with Crippen LogP contribution in [0.5, 0.6) is 17.5 Å². The fourth-order valence-electron chi connectivity index (χ4n) is 3.05. The number of benzene rings is 1. The van der Waals surface area contributed by atoms with Gasteiger partial charge in [-0.3, -0.25) is 9.78 Å². The molecule has 0 atom stereocenters. The summed E-state index contributed by atoms with van der Waals surface area (Å²) in [5.41, 5.74) is -2.81. The molecular weight excluding hydrogens is 488 g/mol. The summed E-state index contributed by atoms with van der Waals surface area (Å²) in [7, 11) is 34.3. The monoisotopic (exact) mass is 494 g/mol. The molecule has 0 unspecified atom stereocenters. The number of H-pyrrole nitrogens is 1. The Labute approximate surface area is 215 Å². The molecule has 35 heavy (non-hydrogen) atoms. The van der Waals surface area contributed by atoms with Crippen molar-refractivity contribution in [1.29, 1.82) is 5.26 Å². The lowest BCUT2D eigenvalue weighted by Gasteiger charge is -2.43. The average molecular weight is 494 g/mol. The lowest BCUT2D eigenvalue weighted by molar-refractivity contribution is 0.413. The molecule has 12 radical (unpaired) electrons. The number of aromatic hydroxyl groups is 1. The first-order valence-corrected chi connectivity index (χ1v) is 9.99. The molecule has 0 fully saturated rings. The molecule has 2 aromatic heterocycles. The van der Waals surface area contributed by atoms with Crippen molar-refractivity contribution in [2.45, 2.75) is 16.1 Å². The zero-order valence-electron chi connectivity index (χ0n) is 17.4. The Morgan fingerprint density at radius 1 is 1.11 bits per heavy atom. The number of hydrogen-bond acceptors (Lipinski definition) is 8. The molecule has 160 valence electrons. The van der Waals surface area contributed by atoms with Gasteiger partial charge in [0, 0.05) is 0 Å². The van der Waals surface area contributed by atoms with E-state index in [0.717, 1.165) is 6.20 Å². The van der Waals surface area contributed by atoms with Crippen LogP contribution in [0.4, 0.5) is 0 Å². The van der Waals surface area contributed by atoms with E-state index in [2.05, 4.69) is 15.1 Å². The van der Waals surface area contributed by atoms with E-state index >= 15 is 0 Å². The van der Waals surface area contributed by atoms with E-state index in [0.29, 0.717) is 4.68 Å². The molecule has 0 saturated heterocycles. The molecule has 0 aliphatic carbocycles. The highest BCUT2D eigenvalue weighted by atomic mass is 35.5. The fourth-order valence-corrected chi connectivity index (χ4v) is 3.60. The van der Waals surface area contributed by atoms with Gasteiger partial charge in [-0.15, -0.1) is 15.3 Å². The minimum absolute atomic E-state index is 0.00386. The van der Waals surface area contributed by atoms with Crippen molar-refractivity contribution in [1.82, 2.24) is 24.7 Å². The van der Waals surface area contributed by atoms with Crippen molar-refractivity contribution in [2.24, 2.45) is 0 Å². The van der Waals surface area contributed by atoms with Crippen LogP contribution in [-0.4, -0.2) is 76.9 Å². The van der Waals surface area contributed by atoms with Crippen molar-refractivity contribution in [3.05, 3.63) is 60.6 Å². The maximum Gasteiger partial charge on any atom is 0.349 e. The summed E-state index contributed by atoms with van der Waals surface area (Å²) in [4.78, 5) is 33.4. The number of nitriles is 1. The third kappa shape index (κ3) is 5.63. The highest BCUT2D eigenvalue weighted by Crippen LogP contribution is 2.48. The maximum atomic E-state index is 12.1. The lowest BCUT2D eigenvalue weighted by Crippen LogP contribution is -2.35. The second-order valence-electron chi connectivity index (χ2n) is 7.33. The van der Waals surface area contributed by atoms with E-state index in [1.165, 1.54) is 12.1 Å². The highest BCUT2D eigenvalue weighted by Gasteiger charge is 2.37. The van der Waals surface area contributed by atoms with Crippen LogP contribution < -0.4 is 16.0 Å². The number of nitrogens with zero attached hydrogens (tertiary/aromatic N) is 5. The van der Waals surface area contributed by atoms with Gasteiger partial charge in [-0.1, -0.05) is 23.2 Å². The number of aromatic nitrogens is 5. The SMILES string of the molecule is [B]C([B])([B])C(c1nc(Oc2c(Cl)cc(-n3nc(C#N)c(=O)[nH]c3=O)cc2Cl)ncc1O)C([B])([B])[B]. The summed E-state index contributed by atoms with van der Waals surface area (Å²) in [5, 5.41) is 18.3. The fraction of sp³-hybridized carbons (Fsp3) is 0.176. The quantitative estimate of drug-likeness (QED) is 0.442. The van der Waals surface area contributed by atoms with Crippen molar-refractivity contribution >= 4 is 70.3 Å². The molecule has 3 rings (SSSR count). The summed E-state index contributed by atoms with van der Waals surface area (Å²) >= 11 is 12.5. The van der Waals surface area contributed by atoms with Gasteiger partial charge in [0.05, 0.1) is 74.7 Å². The van der Waals surface area contributed by atoms with Gasteiger partial charge in [0.1, 0.15) is 6.07 Å². The zero-order chi connectivity index (χ0) is 26.3. The van der Waals surface area contributed by atoms with Crippen LogP contribution in [0.3, 0.4) is 0 Å². The molecule has 1 aromatic carbocycles. The Balaban J connectivity index is 2.06. The van der Waals surface area contributed by atoms with Crippen LogP contribution in [0.2, 0.25) is 20.3 Å². The van der Waals surface area contributed by atoms with E-state index in [1.54, 1.807) is 6.07 Å². The molecule has 0 aliphatic rings. The molecule has 3 aromatic rings. The van der Waals surface area contributed by atoms with Crippen LogP contribution in [0.1, 0.15) is 17.3 Å². The maximum absolute atomic E-state index is 12.1. The van der Waals surface area contributed by atoms with E-state index in [-0.39, 0.29) is 27.2 Å². The van der Waals surface area contributed by atoms with Crippen LogP contribution in [-0.2, 0) is 0 Å². The Hall–Kier alpha value is -3.03. The van der Waals surface area contributed by atoms with Crippen LogP contribution >= 0.6 is 23.2 Å². The largest absolute Gasteiger partial charge is 0.504 e. The van der Waals surface area contributed by atoms with Gasteiger partial charge >= 0.3 is 11.7 Å². The van der Waals surface area contributed by atoms with Gasteiger partial charge < -0.3 is 9.84 Å². The summed E-state index contributed by atoms with van der Waals surface area (Å²) in [5.74, 6) is -2.20. The smallest absolute Gasteiger partial charge is 0.349 e. The average Bonchev–Trinajstić information content (AvgIpc) is 2.71. The number of halogens is 2. The first kappa shape index (κ1) is 26.6. The predicted molar refractivity (Wildman–Crippen MR) is 132 cm³/mol. The molecule has 18 heteroatoms. The van der Waals surface area contributed by atoms with Crippen molar-refractivity contribution in [3.63, 3.8) is 0 Å². The molecular formula is C17H6B6Cl2N6O4. The van der Waals surface area contributed by atoms with Gasteiger partial charge in [0.25, 0.3) is 5.56 Å².